The Kier molecular flexibility index (Phi) is 7.97. The van der Waals surface area contributed by atoms with E-state index < -0.39 is 0 Å². The molecule has 0 bridgehead atoms. The van der Waals surface area contributed by atoms with Crippen molar-refractivity contribution in [1.82, 2.24) is 4.57 Å². The molecule has 8 aromatic rings. The molecule has 0 amide bonds. The number of rotatable bonds is 8. The van der Waals surface area contributed by atoms with E-state index in [1.807, 2.05) is 25.2 Å². The maximum atomic E-state index is 4.05. The molecule has 0 fully saturated rings. The standard InChI is InChI=1S/C47H36N2/c1-3-5-12-34(4-2)36-21-25-40(26-22-36)48(41-27-23-37(24-28-41)39-20-19-35-13-6-7-14-38(35)33-39)42-29-31-43(32-30-42)49-46-17-10-8-15-44(46)45-16-9-11-18-47(45)49/h3-33H,2H2,1H3/b5-3-,34-12+. The molecule has 2 nitrogen and oxygen atoms in total. The first-order chi connectivity index (χ1) is 24.2. The minimum Gasteiger partial charge on any atom is -0.311 e. The Hall–Kier alpha value is -6.38. The van der Waals surface area contributed by atoms with Crippen LogP contribution in [0, 0.1) is 0 Å². The fraction of sp³-hybridized carbons (Fsp3) is 0.0213. The highest BCUT2D eigenvalue weighted by molar-refractivity contribution is 6.09. The lowest BCUT2D eigenvalue weighted by molar-refractivity contribution is 1.17. The Morgan fingerprint density at radius 2 is 1.08 bits per heavy atom. The van der Waals surface area contributed by atoms with Gasteiger partial charge in [0.1, 0.15) is 0 Å². The van der Waals surface area contributed by atoms with Crippen molar-refractivity contribution in [3.05, 3.63) is 200 Å². The number of para-hydroxylation sites is 2. The number of allylic oxidation sites excluding steroid dienone is 5. The largest absolute Gasteiger partial charge is 0.311 e. The normalized spacial score (nSPS) is 11.9. The minimum atomic E-state index is 1.08. The smallest absolute Gasteiger partial charge is 0.0541 e. The predicted molar refractivity (Wildman–Crippen MR) is 211 cm³/mol. The predicted octanol–water partition coefficient (Wildman–Crippen LogP) is 13.2. The van der Waals surface area contributed by atoms with Gasteiger partial charge in [-0.15, -0.1) is 0 Å². The number of hydrogen-bond donors (Lipinski definition) is 0. The first kappa shape index (κ1) is 30.0. The van der Waals surface area contributed by atoms with Crippen molar-refractivity contribution >= 4 is 55.2 Å². The Morgan fingerprint density at radius 1 is 0.551 bits per heavy atom. The maximum Gasteiger partial charge on any atom is 0.0541 e. The number of anilines is 3. The first-order valence-electron chi connectivity index (χ1n) is 16.8. The summed E-state index contributed by atoms with van der Waals surface area (Å²) in [5.74, 6) is 0. The lowest BCUT2D eigenvalue weighted by Crippen LogP contribution is -2.10. The molecule has 0 saturated heterocycles. The van der Waals surface area contributed by atoms with Gasteiger partial charge in [0.2, 0.25) is 0 Å². The van der Waals surface area contributed by atoms with Gasteiger partial charge in [-0.3, -0.25) is 0 Å². The van der Waals surface area contributed by atoms with Crippen LogP contribution in [0.25, 0.3) is 55.0 Å². The van der Waals surface area contributed by atoms with Gasteiger partial charge in [0.15, 0.2) is 0 Å². The average Bonchev–Trinajstić information content (AvgIpc) is 3.50. The van der Waals surface area contributed by atoms with Gasteiger partial charge in [-0.1, -0.05) is 128 Å². The summed E-state index contributed by atoms with van der Waals surface area (Å²) < 4.78 is 2.36. The molecule has 0 saturated carbocycles. The third kappa shape index (κ3) is 5.64. The second kappa shape index (κ2) is 13.0. The highest BCUT2D eigenvalue weighted by Gasteiger charge is 2.16. The maximum absolute atomic E-state index is 4.05. The first-order valence-corrected chi connectivity index (χ1v) is 16.8. The van der Waals surface area contributed by atoms with Gasteiger partial charge in [0.05, 0.1) is 11.0 Å². The molecule has 49 heavy (non-hydrogen) atoms. The fourth-order valence-electron chi connectivity index (χ4n) is 6.86. The lowest BCUT2D eigenvalue weighted by Gasteiger charge is -2.26. The molecule has 0 aliphatic heterocycles. The summed E-state index contributed by atoms with van der Waals surface area (Å²) in [6, 6.07) is 59.0. The molecule has 0 N–H and O–H groups in total. The third-order valence-electron chi connectivity index (χ3n) is 9.30. The van der Waals surface area contributed by atoms with Crippen LogP contribution < -0.4 is 4.90 Å². The van der Waals surface area contributed by atoms with E-state index in [0.717, 1.165) is 33.9 Å². The van der Waals surface area contributed by atoms with Gasteiger partial charge in [-0.25, -0.2) is 0 Å². The molecule has 7 aromatic carbocycles. The Balaban J connectivity index is 1.21. The molecule has 8 rings (SSSR count). The van der Waals surface area contributed by atoms with Gasteiger partial charge >= 0.3 is 0 Å². The van der Waals surface area contributed by atoms with Crippen LogP contribution in [0.3, 0.4) is 0 Å². The van der Waals surface area contributed by atoms with E-state index in [9.17, 15) is 0 Å². The van der Waals surface area contributed by atoms with E-state index in [-0.39, 0.29) is 0 Å². The summed E-state index contributed by atoms with van der Waals surface area (Å²) in [6.07, 6.45) is 8.08. The Morgan fingerprint density at radius 3 is 1.69 bits per heavy atom. The van der Waals surface area contributed by atoms with Crippen molar-refractivity contribution in [2.45, 2.75) is 6.92 Å². The molecule has 2 heteroatoms. The molecule has 0 radical (unpaired) electrons. The van der Waals surface area contributed by atoms with E-state index >= 15 is 0 Å². The van der Waals surface area contributed by atoms with Crippen LogP contribution >= 0.6 is 0 Å². The zero-order valence-corrected chi connectivity index (χ0v) is 27.5. The molecule has 0 atom stereocenters. The number of benzene rings is 7. The molecule has 0 aliphatic carbocycles. The van der Waals surface area contributed by atoms with Crippen LogP contribution in [0.4, 0.5) is 17.1 Å². The number of aromatic nitrogens is 1. The van der Waals surface area contributed by atoms with Gasteiger partial charge in [0, 0.05) is 33.5 Å². The van der Waals surface area contributed by atoms with Crippen molar-refractivity contribution < 1.29 is 0 Å². The van der Waals surface area contributed by atoms with Crippen LogP contribution in [0.2, 0.25) is 0 Å². The van der Waals surface area contributed by atoms with Crippen molar-refractivity contribution in [3.8, 4) is 16.8 Å². The molecule has 0 aliphatic rings. The number of fused-ring (bicyclic) bond motifs is 4. The van der Waals surface area contributed by atoms with Crippen LogP contribution in [0.15, 0.2) is 195 Å². The number of nitrogens with zero attached hydrogens (tertiary/aromatic N) is 2. The number of hydrogen-bond acceptors (Lipinski definition) is 1. The molecule has 1 heterocycles. The Bertz CT molecular complexity index is 2440. The zero-order chi connectivity index (χ0) is 33.2. The van der Waals surface area contributed by atoms with E-state index in [0.29, 0.717) is 0 Å². The van der Waals surface area contributed by atoms with Gasteiger partial charge in [-0.05, 0) is 107 Å². The summed E-state index contributed by atoms with van der Waals surface area (Å²) in [4.78, 5) is 2.33. The van der Waals surface area contributed by atoms with E-state index in [1.165, 1.54) is 43.7 Å². The average molecular weight is 629 g/mol. The van der Waals surface area contributed by atoms with Crippen LogP contribution in [-0.4, -0.2) is 4.57 Å². The Labute approximate surface area is 287 Å². The molecule has 1 aromatic heterocycles. The second-order valence-corrected chi connectivity index (χ2v) is 12.2. The van der Waals surface area contributed by atoms with Crippen LogP contribution in [-0.2, 0) is 0 Å². The summed E-state index contributed by atoms with van der Waals surface area (Å²) in [5, 5.41) is 5.02. The minimum absolute atomic E-state index is 1.08. The highest BCUT2D eigenvalue weighted by Crippen LogP contribution is 2.38. The highest BCUT2D eigenvalue weighted by atomic mass is 15.1. The summed E-state index contributed by atoms with van der Waals surface area (Å²) in [6.45, 7) is 6.07. The van der Waals surface area contributed by atoms with Crippen molar-refractivity contribution in [3.63, 3.8) is 0 Å². The van der Waals surface area contributed by atoms with Crippen molar-refractivity contribution in [1.29, 1.82) is 0 Å². The van der Waals surface area contributed by atoms with Crippen LogP contribution in [0.5, 0.6) is 0 Å². The topological polar surface area (TPSA) is 8.17 Å². The fourth-order valence-corrected chi connectivity index (χ4v) is 6.86. The zero-order valence-electron chi connectivity index (χ0n) is 27.5. The summed E-state index contributed by atoms with van der Waals surface area (Å²) in [7, 11) is 0. The monoisotopic (exact) mass is 628 g/mol. The summed E-state index contributed by atoms with van der Waals surface area (Å²) in [5.41, 5.74) is 11.4. The molecular formula is C47H36N2. The third-order valence-corrected chi connectivity index (χ3v) is 9.30. The summed E-state index contributed by atoms with van der Waals surface area (Å²) >= 11 is 0. The van der Waals surface area contributed by atoms with E-state index in [4.69, 9.17) is 0 Å². The van der Waals surface area contributed by atoms with Crippen LogP contribution in [0.1, 0.15) is 12.5 Å². The SMILES string of the molecule is C=C/C(=C\C=C/C)c1ccc(N(c2ccc(-c3ccc4ccccc4c3)cc2)c2ccc(-n3c4ccccc4c4ccccc43)cc2)cc1. The molecule has 234 valence electrons. The van der Waals surface area contributed by atoms with E-state index in [2.05, 4.69) is 186 Å². The van der Waals surface area contributed by atoms with Gasteiger partial charge in [-0.2, -0.15) is 0 Å². The lowest BCUT2D eigenvalue weighted by atomic mass is 10.0. The quantitative estimate of drug-likeness (QED) is 0.152. The molecule has 0 spiro atoms. The van der Waals surface area contributed by atoms with E-state index in [1.54, 1.807) is 0 Å². The van der Waals surface area contributed by atoms with Gasteiger partial charge in [0.25, 0.3) is 0 Å². The van der Waals surface area contributed by atoms with Crippen molar-refractivity contribution in [2.75, 3.05) is 4.90 Å². The molecule has 0 unspecified atom stereocenters. The second-order valence-electron chi connectivity index (χ2n) is 12.2. The van der Waals surface area contributed by atoms with Crippen molar-refractivity contribution in [2.24, 2.45) is 0 Å². The molecular weight excluding hydrogens is 593 g/mol. The van der Waals surface area contributed by atoms with Gasteiger partial charge < -0.3 is 9.47 Å².